The van der Waals surface area contributed by atoms with E-state index < -0.39 is 12.1 Å². The third-order valence-electron chi connectivity index (χ3n) is 4.05. The zero-order valence-corrected chi connectivity index (χ0v) is 16.9. The number of hydrogen-bond acceptors (Lipinski definition) is 5. The van der Waals surface area contributed by atoms with E-state index in [1.165, 1.54) is 11.6 Å². The number of benzene rings is 2. The summed E-state index contributed by atoms with van der Waals surface area (Å²) in [7, 11) is 0. The summed E-state index contributed by atoms with van der Waals surface area (Å²) < 4.78 is 7.39. The molecule has 0 saturated heterocycles. The number of carboxylic acids is 1. The van der Waals surface area contributed by atoms with Crippen LogP contribution >= 0.6 is 15.9 Å². The lowest BCUT2D eigenvalue weighted by atomic mass is 10.2. The topological polar surface area (TPSA) is 93.8 Å². The van der Waals surface area contributed by atoms with Crippen LogP contribution in [0.5, 0.6) is 5.75 Å². The minimum absolute atomic E-state index is 0.241. The van der Waals surface area contributed by atoms with Gasteiger partial charge in [-0.25, -0.2) is 9.78 Å². The lowest BCUT2D eigenvalue weighted by Gasteiger charge is -2.10. The van der Waals surface area contributed by atoms with Crippen molar-refractivity contribution in [3.8, 4) is 5.75 Å². The number of fused-ring (bicyclic) bond motifs is 1. The van der Waals surface area contributed by atoms with E-state index in [9.17, 15) is 9.59 Å². The normalized spacial score (nSPS) is 12.4. The van der Waals surface area contributed by atoms with Crippen LogP contribution < -0.4 is 10.3 Å². The first-order chi connectivity index (χ1) is 13.4. The molecule has 3 aromatic rings. The van der Waals surface area contributed by atoms with Crippen molar-refractivity contribution in [3.05, 3.63) is 68.7 Å². The number of aliphatic carboxylic acids is 1. The zero-order chi connectivity index (χ0) is 20.3. The Balaban J connectivity index is 1.91. The summed E-state index contributed by atoms with van der Waals surface area (Å²) in [6.07, 6.45) is 1.17. The number of aryl methyl sites for hydroxylation is 1. The molecule has 0 aliphatic rings. The molecule has 7 nitrogen and oxygen atoms in total. The van der Waals surface area contributed by atoms with Crippen LogP contribution in [0.15, 0.2) is 56.8 Å². The number of carboxylic acid groups (broad SMARTS) is 1. The van der Waals surface area contributed by atoms with Gasteiger partial charge in [0, 0.05) is 10.9 Å². The van der Waals surface area contributed by atoms with E-state index in [1.807, 2.05) is 13.0 Å². The number of ether oxygens (including phenoxy) is 1. The van der Waals surface area contributed by atoms with Crippen molar-refractivity contribution < 1.29 is 14.6 Å². The largest absolute Gasteiger partial charge is 0.479 e. The smallest absolute Gasteiger partial charge is 0.344 e. The third kappa shape index (κ3) is 4.28. The predicted octanol–water partition coefficient (Wildman–Crippen LogP) is 3.46. The SMILES string of the molecule is CCc1nc2ccc(Br)cc2c(=O)n1N=Cc1ccc(O[C@@H](C)C(=O)O)cc1. The highest BCUT2D eigenvalue weighted by molar-refractivity contribution is 9.10. The fourth-order valence-corrected chi connectivity index (χ4v) is 2.92. The van der Waals surface area contributed by atoms with Crippen LogP contribution in [-0.4, -0.2) is 33.1 Å². The van der Waals surface area contributed by atoms with Crippen molar-refractivity contribution >= 4 is 39.0 Å². The van der Waals surface area contributed by atoms with Crippen molar-refractivity contribution in [1.29, 1.82) is 0 Å². The summed E-state index contributed by atoms with van der Waals surface area (Å²) in [5, 5.41) is 13.7. The standard InChI is InChI=1S/C20H18BrN3O4/c1-3-18-23-17-9-6-14(21)10-16(17)19(25)24(18)22-11-13-4-7-15(8-5-13)28-12(2)20(26)27/h4-12H,3H2,1-2H3,(H,26,27)/t12-/m0/s1. The Morgan fingerprint density at radius 3 is 2.68 bits per heavy atom. The molecule has 28 heavy (non-hydrogen) atoms. The Morgan fingerprint density at radius 2 is 2.04 bits per heavy atom. The van der Waals surface area contributed by atoms with Crippen LogP contribution in [0.2, 0.25) is 0 Å². The molecule has 1 aromatic heterocycles. The summed E-state index contributed by atoms with van der Waals surface area (Å²) in [5.74, 6) is -0.0328. The molecule has 0 saturated carbocycles. The van der Waals surface area contributed by atoms with Crippen molar-refractivity contribution in [1.82, 2.24) is 9.66 Å². The number of nitrogens with zero attached hydrogens (tertiary/aromatic N) is 3. The molecular formula is C20H18BrN3O4. The Hall–Kier alpha value is -3.00. The van der Waals surface area contributed by atoms with Crippen LogP contribution in [0.1, 0.15) is 25.2 Å². The van der Waals surface area contributed by atoms with Gasteiger partial charge < -0.3 is 9.84 Å². The highest BCUT2D eigenvalue weighted by atomic mass is 79.9. The Bertz CT molecular complexity index is 1110. The van der Waals surface area contributed by atoms with Gasteiger partial charge in [-0.3, -0.25) is 4.79 Å². The van der Waals surface area contributed by atoms with Crippen LogP contribution in [0.4, 0.5) is 0 Å². The molecule has 0 aliphatic heterocycles. The van der Waals surface area contributed by atoms with Gasteiger partial charge in [0.1, 0.15) is 11.6 Å². The Morgan fingerprint density at radius 1 is 1.32 bits per heavy atom. The summed E-state index contributed by atoms with van der Waals surface area (Å²) in [6, 6.07) is 12.1. The van der Waals surface area contributed by atoms with Crippen molar-refractivity contribution in [2.45, 2.75) is 26.4 Å². The first-order valence-corrected chi connectivity index (χ1v) is 9.43. The summed E-state index contributed by atoms with van der Waals surface area (Å²) in [5.41, 5.74) is 1.12. The average Bonchev–Trinajstić information content (AvgIpc) is 2.68. The highest BCUT2D eigenvalue weighted by Crippen LogP contribution is 2.16. The maximum Gasteiger partial charge on any atom is 0.344 e. The Labute approximate surface area is 169 Å². The molecule has 0 amide bonds. The number of carbonyl (C=O) groups is 1. The first kappa shape index (κ1) is 19.8. The highest BCUT2D eigenvalue weighted by Gasteiger charge is 2.12. The number of rotatable bonds is 6. The summed E-state index contributed by atoms with van der Waals surface area (Å²) >= 11 is 3.37. The van der Waals surface area contributed by atoms with E-state index >= 15 is 0 Å². The molecule has 0 aliphatic carbocycles. The van der Waals surface area contributed by atoms with E-state index in [1.54, 1.807) is 42.6 Å². The fraction of sp³-hybridized carbons (Fsp3) is 0.200. The van der Waals surface area contributed by atoms with Gasteiger partial charge in [0.05, 0.1) is 17.1 Å². The van der Waals surface area contributed by atoms with Crippen molar-refractivity contribution in [2.75, 3.05) is 0 Å². The van der Waals surface area contributed by atoms with E-state index in [0.29, 0.717) is 28.9 Å². The maximum absolute atomic E-state index is 12.8. The minimum Gasteiger partial charge on any atom is -0.479 e. The van der Waals surface area contributed by atoms with Gasteiger partial charge in [-0.2, -0.15) is 9.78 Å². The monoisotopic (exact) mass is 443 g/mol. The van der Waals surface area contributed by atoms with E-state index in [2.05, 4.69) is 26.0 Å². The van der Waals surface area contributed by atoms with Crippen molar-refractivity contribution in [3.63, 3.8) is 0 Å². The van der Waals surface area contributed by atoms with Gasteiger partial charge in [0.15, 0.2) is 6.10 Å². The quantitative estimate of drug-likeness (QED) is 0.588. The van der Waals surface area contributed by atoms with Crippen LogP contribution in [0.25, 0.3) is 10.9 Å². The molecule has 2 aromatic carbocycles. The maximum atomic E-state index is 12.8. The van der Waals surface area contributed by atoms with Gasteiger partial charge in [-0.15, -0.1) is 0 Å². The second-order valence-corrected chi connectivity index (χ2v) is 6.99. The molecule has 1 heterocycles. The van der Waals surface area contributed by atoms with E-state index in [4.69, 9.17) is 9.84 Å². The lowest BCUT2D eigenvalue weighted by molar-refractivity contribution is -0.144. The zero-order valence-electron chi connectivity index (χ0n) is 15.3. The summed E-state index contributed by atoms with van der Waals surface area (Å²) in [4.78, 5) is 28.2. The molecule has 1 atom stereocenters. The predicted molar refractivity (Wildman–Crippen MR) is 110 cm³/mol. The number of halogens is 1. The molecule has 1 N–H and O–H groups in total. The molecule has 0 spiro atoms. The summed E-state index contributed by atoms with van der Waals surface area (Å²) in [6.45, 7) is 3.37. The second kappa shape index (κ2) is 8.35. The van der Waals surface area contributed by atoms with Gasteiger partial charge >= 0.3 is 5.97 Å². The molecular weight excluding hydrogens is 426 g/mol. The molecule has 0 unspecified atom stereocenters. The molecule has 0 bridgehead atoms. The molecule has 3 rings (SSSR count). The van der Waals surface area contributed by atoms with Crippen LogP contribution in [-0.2, 0) is 11.2 Å². The van der Waals surface area contributed by atoms with Crippen molar-refractivity contribution in [2.24, 2.45) is 5.10 Å². The van der Waals surface area contributed by atoms with E-state index in [0.717, 1.165) is 10.0 Å². The fourth-order valence-electron chi connectivity index (χ4n) is 2.55. The molecule has 8 heteroatoms. The average molecular weight is 444 g/mol. The molecule has 144 valence electrons. The lowest BCUT2D eigenvalue weighted by Crippen LogP contribution is -2.22. The van der Waals surface area contributed by atoms with Crippen LogP contribution in [0, 0.1) is 0 Å². The van der Waals surface area contributed by atoms with Gasteiger partial charge in [-0.05, 0) is 55.0 Å². The molecule has 0 fully saturated rings. The number of aromatic nitrogens is 2. The second-order valence-electron chi connectivity index (χ2n) is 6.07. The minimum atomic E-state index is -1.03. The first-order valence-electron chi connectivity index (χ1n) is 8.64. The van der Waals surface area contributed by atoms with Gasteiger partial charge in [0.2, 0.25) is 0 Å². The van der Waals surface area contributed by atoms with Gasteiger partial charge in [0.25, 0.3) is 5.56 Å². The molecule has 0 radical (unpaired) electrons. The number of hydrogen-bond donors (Lipinski definition) is 1. The van der Waals surface area contributed by atoms with E-state index in [-0.39, 0.29) is 5.56 Å². The van der Waals surface area contributed by atoms with Crippen LogP contribution in [0.3, 0.4) is 0 Å². The van der Waals surface area contributed by atoms with Gasteiger partial charge in [-0.1, -0.05) is 22.9 Å². The Kier molecular flexibility index (Phi) is 5.89. The third-order valence-corrected chi connectivity index (χ3v) is 4.55.